The van der Waals surface area contributed by atoms with Gasteiger partial charge in [0.2, 0.25) is 0 Å². The van der Waals surface area contributed by atoms with Crippen LogP contribution in [0.2, 0.25) is 0 Å². The Morgan fingerprint density at radius 2 is 2.17 bits per heavy atom. The minimum Gasteiger partial charge on any atom is -0.373 e. The third-order valence-corrected chi connectivity index (χ3v) is 4.30. The zero-order valence-electron chi connectivity index (χ0n) is 13.3. The van der Waals surface area contributed by atoms with Gasteiger partial charge in [-0.25, -0.2) is 4.98 Å². The van der Waals surface area contributed by atoms with Crippen molar-refractivity contribution in [3.8, 4) is 0 Å². The number of hydrogen-bond donors (Lipinski definition) is 2. The van der Waals surface area contributed by atoms with E-state index in [4.69, 9.17) is 0 Å². The number of carbonyl (C=O) groups excluding carboxylic acids is 1. The van der Waals surface area contributed by atoms with Crippen LogP contribution in [0.15, 0.2) is 24.7 Å². The molecule has 3 rings (SSSR count). The van der Waals surface area contributed by atoms with Crippen molar-refractivity contribution in [3.63, 3.8) is 0 Å². The van der Waals surface area contributed by atoms with E-state index < -0.39 is 0 Å². The van der Waals surface area contributed by atoms with Gasteiger partial charge in [0.1, 0.15) is 12.1 Å². The van der Waals surface area contributed by atoms with Crippen molar-refractivity contribution in [2.24, 2.45) is 0 Å². The van der Waals surface area contributed by atoms with E-state index in [1.807, 2.05) is 0 Å². The molecule has 0 unspecified atom stereocenters. The Balaban J connectivity index is 1.64. The van der Waals surface area contributed by atoms with Gasteiger partial charge in [0.05, 0.1) is 6.54 Å². The molecule has 7 nitrogen and oxygen atoms in total. The lowest BCUT2D eigenvalue weighted by atomic mass is 9.95. The van der Waals surface area contributed by atoms with Gasteiger partial charge < -0.3 is 15.2 Å². The molecule has 2 aromatic rings. The first kappa shape index (κ1) is 15.5. The van der Waals surface area contributed by atoms with Crippen molar-refractivity contribution in [2.75, 3.05) is 12.4 Å². The lowest BCUT2D eigenvalue weighted by Gasteiger charge is -2.24. The highest BCUT2D eigenvalue weighted by molar-refractivity contribution is 5.94. The summed E-state index contributed by atoms with van der Waals surface area (Å²) >= 11 is 0. The molecule has 1 amide bonds. The number of nitrogens with one attached hydrogen (secondary N) is 2. The molecule has 0 radical (unpaired) electrons. The maximum atomic E-state index is 12.3. The maximum absolute atomic E-state index is 12.3. The number of pyridine rings is 1. The van der Waals surface area contributed by atoms with Crippen LogP contribution >= 0.6 is 0 Å². The van der Waals surface area contributed by atoms with E-state index in [1.54, 1.807) is 31.7 Å². The normalized spacial score (nSPS) is 15.3. The second kappa shape index (κ2) is 7.21. The van der Waals surface area contributed by atoms with Gasteiger partial charge in [0.15, 0.2) is 5.82 Å². The fraction of sp³-hybridized carbons (Fsp3) is 0.500. The monoisotopic (exact) mass is 314 g/mol. The van der Waals surface area contributed by atoms with Gasteiger partial charge in [-0.15, -0.1) is 10.2 Å². The molecule has 1 aliphatic carbocycles. The Kier molecular flexibility index (Phi) is 4.85. The summed E-state index contributed by atoms with van der Waals surface area (Å²) in [5.74, 6) is 1.35. The van der Waals surface area contributed by atoms with Crippen molar-refractivity contribution in [3.05, 3.63) is 36.0 Å². The Bertz CT molecular complexity index is 662. The molecule has 0 saturated heterocycles. The summed E-state index contributed by atoms with van der Waals surface area (Å²) in [4.78, 5) is 16.4. The minimum atomic E-state index is -0.137. The highest BCUT2D eigenvalue weighted by Gasteiger charge is 2.18. The fourth-order valence-corrected chi connectivity index (χ4v) is 3.03. The number of carbonyl (C=O) groups is 1. The summed E-state index contributed by atoms with van der Waals surface area (Å²) in [6.07, 6.45) is 9.52. The standard InChI is InChI=1S/C16H22N6O/c1-17-14-9-12(7-8-18-14)16(23)19-10-15-21-20-11-22(15)13-5-3-2-4-6-13/h7-9,11,13H,2-6,10H2,1H3,(H,17,18)(H,19,23). The van der Waals surface area contributed by atoms with Crippen LogP contribution in [0, 0.1) is 0 Å². The van der Waals surface area contributed by atoms with Gasteiger partial charge >= 0.3 is 0 Å². The fourth-order valence-electron chi connectivity index (χ4n) is 3.03. The summed E-state index contributed by atoms with van der Waals surface area (Å²) in [7, 11) is 1.77. The zero-order chi connectivity index (χ0) is 16.1. The molecule has 7 heteroatoms. The summed E-state index contributed by atoms with van der Waals surface area (Å²) < 4.78 is 2.12. The molecule has 0 aromatic carbocycles. The van der Waals surface area contributed by atoms with Crippen LogP contribution in [-0.4, -0.2) is 32.7 Å². The van der Waals surface area contributed by atoms with Gasteiger partial charge in [-0.05, 0) is 25.0 Å². The van der Waals surface area contributed by atoms with Crippen LogP contribution in [-0.2, 0) is 6.54 Å². The average molecular weight is 314 g/mol. The molecule has 1 aliphatic rings. The van der Waals surface area contributed by atoms with E-state index in [0.29, 0.717) is 24.0 Å². The molecular weight excluding hydrogens is 292 g/mol. The van der Waals surface area contributed by atoms with E-state index in [-0.39, 0.29) is 5.91 Å². The van der Waals surface area contributed by atoms with E-state index in [0.717, 1.165) is 18.7 Å². The number of nitrogens with zero attached hydrogens (tertiary/aromatic N) is 4. The number of anilines is 1. The van der Waals surface area contributed by atoms with Crippen LogP contribution in [0.4, 0.5) is 5.82 Å². The lowest BCUT2D eigenvalue weighted by Crippen LogP contribution is -2.26. The van der Waals surface area contributed by atoms with E-state index in [9.17, 15) is 4.79 Å². The van der Waals surface area contributed by atoms with Gasteiger partial charge in [-0.1, -0.05) is 19.3 Å². The second-order valence-corrected chi connectivity index (χ2v) is 5.81. The molecule has 0 aliphatic heterocycles. The van der Waals surface area contributed by atoms with Crippen molar-refractivity contribution in [2.45, 2.75) is 44.7 Å². The first-order chi connectivity index (χ1) is 11.3. The number of hydrogen-bond acceptors (Lipinski definition) is 5. The molecule has 1 saturated carbocycles. The SMILES string of the molecule is CNc1cc(C(=O)NCc2nncn2C2CCCCC2)ccn1. The van der Waals surface area contributed by atoms with Gasteiger partial charge in [-0.3, -0.25) is 4.79 Å². The summed E-state index contributed by atoms with van der Waals surface area (Å²) in [6, 6.07) is 3.88. The maximum Gasteiger partial charge on any atom is 0.251 e. The number of rotatable bonds is 5. The molecule has 0 bridgehead atoms. The smallest absolute Gasteiger partial charge is 0.251 e. The van der Waals surface area contributed by atoms with Crippen LogP contribution in [0.1, 0.15) is 54.3 Å². The highest BCUT2D eigenvalue weighted by atomic mass is 16.1. The molecule has 23 heavy (non-hydrogen) atoms. The highest BCUT2D eigenvalue weighted by Crippen LogP contribution is 2.28. The first-order valence-corrected chi connectivity index (χ1v) is 8.08. The zero-order valence-corrected chi connectivity index (χ0v) is 13.3. The number of aromatic nitrogens is 4. The van der Waals surface area contributed by atoms with E-state index in [1.165, 1.54) is 19.3 Å². The van der Waals surface area contributed by atoms with Crippen molar-refractivity contribution >= 4 is 11.7 Å². The largest absolute Gasteiger partial charge is 0.373 e. The van der Waals surface area contributed by atoms with Gasteiger partial charge in [0, 0.05) is 24.8 Å². The quantitative estimate of drug-likeness (QED) is 0.883. The lowest BCUT2D eigenvalue weighted by molar-refractivity contribution is 0.0949. The predicted molar refractivity (Wildman–Crippen MR) is 87.1 cm³/mol. The van der Waals surface area contributed by atoms with Gasteiger partial charge in [0.25, 0.3) is 5.91 Å². The van der Waals surface area contributed by atoms with Crippen LogP contribution in [0.25, 0.3) is 0 Å². The van der Waals surface area contributed by atoms with Crippen molar-refractivity contribution in [1.29, 1.82) is 0 Å². The van der Waals surface area contributed by atoms with E-state index in [2.05, 4.69) is 30.4 Å². The molecule has 2 heterocycles. The molecule has 122 valence electrons. The average Bonchev–Trinajstić information content (AvgIpc) is 3.09. The second-order valence-electron chi connectivity index (χ2n) is 5.81. The molecule has 2 N–H and O–H groups in total. The first-order valence-electron chi connectivity index (χ1n) is 8.08. The van der Waals surface area contributed by atoms with Gasteiger partial charge in [-0.2, -0.15) is 0 Å². The molecule has 2 aromatic heterocycles. The molecule has 1 fully saturated rings. The molecule has 0 atom stereocenters. The predicted octanol–water partition coefficient (Wildman–Crippen LogP) is 2.15. The minimum absolute atomic E-state index is 0.137. The van der Waals surface area contributed by atoms with Crippen molar-refractivity contribution < 1.29 is 4.79 Å². The Labute approximate surface area is 135 Å². The molecule has 0 spiro atoms. The summed E-state index contributed by atoms with van der Waals surface area (Å²) in [6.45, 7) is 0.381. The third kappa shape index (κ3) is 3.67. The van der Waals surface area contributed by atoms with Crippen LogP contribution in [0.5, 0.6) is 0 Å². The Morgan fingerprint density at radius 3 is 2.96 bits per heavy atom. The van der Waals surface area contributed by atoms with E-state index >= 15 is 0 Å². The third-order valence-electron chi connectivity index (χ3n) is 4.30. The Morgan fingerprint density at radius 1 is 1.35 bits per heavy atom. The topological polar surface area (TPSA) is 84.7 Å². The molecular formula is C16H22N6O. The summed E-state index contributed by atoms with van der Waals surface area (Å²) in [5.41, 5.74) is 0.577. The van der Waals surface area contributed by atoms with Crippen molar-refractivity contribution in [1.82, 2.24) is 25.1 Å². The van der Waals surface area contributed by atoms with Crippen LogP contribution in [0.3, 0.4) is 0 Å². The number of amides is 1. The Hall–Kier alpha value is -2.44. The summed E-state index contributed by atoms with van der Waals surface area (Å²) in [5, 5.41) is 14.0. The van der Waals surface area contributed by atoms with Crippen LogP contribution < -0.4 is 10.6 Å².